The maximum absolute atomic E-state index is 12.9. The number of hydrogen-bond donors (Lipinski definition) is 2. The standard InChI is InChI=1S/C23H30N4O3/c1-5-20-22(23(29)25-18(14-28)10-15(2)3)26-21-12-24-17(13-27(20)21)11-16-6-8-19(30-4)9-7-16/h6-9,12-13,15,18,28H,5,10-11,14H2,1-4H3,(H,25,29)/t18-/m0/s1. The molecule has 0 spiro atoms. The van der Waals surface area contributed by atoms with E-state index in [1.807, 2.05) is 41.8 Å². The predicted octanol–water partition coefficient (Wildman–Crippen LogP) is 3.03. The first-order chi connectivity index (χ1) is 14.4. The van der Waals surface area contributed by atoms with E-state index < -0.39 is 0 Å². The van der Waals surface area contributed by atoms with Crippen LogP contribution in [0.5, 0.6) is 5.75 Å². The number of ether oxygens (including phenoxy) is 1. The van der Waals surface area contributed by atoms with Gasteiger partial charge in [0.15, 0.2) is 5.65 Å². The summed E-state index contributed by atoms with van der Waals surface area (Å²) in [5.41, 5.74) is 3.88. The minimum atomic E-state index is -0.282. The Kier molecular flexibility index (Phi) is 7.05. The Morgan fingerprint density at radius 1 is 1.27 bits per heavy atom. The lowest BCUT2D eigenvalue weighted by Gasteiger charge is -2.17. The Hall–Kier alpha value is -2.93. The highest BCUT2D eigenvalue weighted by Gasteiger charge is 2.21. The number of aryl methyl sites for hydroxylation is 1. The molecule has 7 nitrogen and oxygen atoms in total. The van der Waals surface area contributed by atoms with Crippen LogP contribution in [-0.2, 0) is 12.8 Å². The Morgan fingerprint density at radius 2 is 2.00 bits per heavy atom. The fourth-order valence-corrected chi connectivity index (χ4v) is 3.61. The van der Waals surface area contributed by atoms with Gasteiger partial charge in [0.05, 0.1) is 37.3 Å². The van der Waals surface area contributed by atoms with Crippen molar-refractivity contribution in [2.45, 2.75) is 46.1 Å². The van der Waals surface area contributed by atoms with Crippen molar-refractivity contribution in [2.75, 3.05) is 13.7 Å². The molecular formula is C23H30N4O3. The molecule has 2 N–H and O–H groups in total. The molecule has 0 saturated heterocycles. The zero-order valence-electron chi connectivity index (χ0n) is 18.1. The minimum absolute atomic E-state index is 0.0910. The van der Waals surface area contributed by atoms with Crippen molar-refractivity contribution in [1.82, 2.24) is 19.7 Å². The van der Waals surface area contributed by atoms with Gasteiger partial charge in [0.1, 0.15) is 11.4 Å². The number of methoxy groups -OCH3 is 1. The zero-order valence-corrected chi connectivity index (χ0v) is 18.1. The molecule has 0 aliphatic rings. The zero-order chi connectivity index (χ0) is 21.7. The third kappa shape index (κ3) is 4.97. The topological polar surface area (TPSA) is 88.8 Å². The van der Waals surface area contributed by atoms with Crippen molar-refractivity contribution in [3.63, 3.8) is 0 Å². The largest absolute Gasteiger partial charge is 0.497 e. The molecule has 0 aliphatic carbocycles. The molecule has 30 heavy (non-hydrogen) atoms. The SMILES string of the molecule is CCc1c(C(=O)N[C@H](CO)CC(C)C)nc2cnc(Cc3ccc(OC)cc3)cn12. The lowest BCUT2D eigenvalue weighted by Crippen LogP contribution is -2.39. The molecule has 0 unspecified atom stereocenters. The molecule has 0 radical (unpaired) electrons. The van der Waals surface area contributed by atoms with Crippen LogP contribution >= 0.6 is 0 Å². The van der Waals surface area contributed by atoms with Crippen LogP contribution in [0, 0.1) is 5.92 Å². The number of hydrogen-bond acceptors (Lipinski definition) is 5. The number of benzene rings is 1. The molecule has 160 valence electrons. The number of amides is 1. The summed E-state index contributed by atoms with van der Waals surface area (Å²) in [4.78, 5) is 21.9. The van der Waals surface area contributed by atoms with E-state index in [1.54, 1.807) is 13.3 Å². The maximum Gasteiger partial charge on any atom is 0.272 e. The van der Waals surface area contributed by atoms with Gasteiger partial charge in [-0.25, -0.2) is 4.98 Å². The molecule has 0 aliphatic heterocycles. The lowest BCUT2D eigenvalue weighted by molar-refractivity contribution is 0.0903. The van der Waals surface area contributed by atoms with Crippen molar-refractivity contribution in [3.05, 3.63) is 59.3 Å². The van der Waals surface area contributed by atoms with Gasteiger partial charge in [0.2, 0.25) is 0 Å². The van der Waals surface area contributed by atoms with Gasteiger partial charge in [-0.3, -0.25) is 9.78 Å². The first-order valence-corrected chi connectivity index (χ1v) is 10.4. The van der Waals surface area contributed by atoms with E-state index in [9.17, 15) is 9.90 Å². The number of fused-ring (bicyclic) bond motifs is 1. The molecule has 0 fully saturated rings. The highest BCUT2D eigenvalue weighted by molar-refractivity contribution is 5.94. The normalized spacial score (nSPS) is 12.3. The monoisotopic (exact) mass is 410 g/mol. The lowest BCUT2D eigenvalue weighted by atomic mass is 10.0. The van der Waals surface area contributed by atoms with Gasteiger partial charge in [-0.1, -0.05) is 32.9 Å². The summed E-state index contributed by atoms with van der Waals surface area (Å²) in [6.07, 6.45) is 5.69. The summed E-state index contributed by atoms with van der Waals surface area (Å²) >= 11 is 0. The van der Waals surface area contributed by atoms with Gasteiger partial charge in [0, 0.05) is 12.6 Å². The van der Waals surface area contributed by atoms with Crippen LogP contribution in [0.4, 0.5) is 0 Å². The van der Waals surface area contributed by atoms with Crippen LogP contribution in [-0.4, -0.2) is 45.1 Å². The number of imidazole rings is 1. The van der Waals surface area contributed by atoms with Gasteiger partial charge >= 0.3 is 0 Å². The molecule has 1 amide bonds. The Balaban J connectivity index is 1.85. The Morgan fingerprint density at radius 3 is 2.60 bits per heavy atom. The van der Waals surface area contributed by atoms with Crippen LogP contribution in [0.3, 0.4) is 0 Å². The van der Waals surface area contributed by atoms with Gasteiger partial charge < -0.3 is 19.6 Å². The quantitative estimate of drug-likeness (QED) is 0.566. The molecule has 1 aromatic carbocycles. The summed E-state index contributed by atoms with van der Waals surface area (Å²) in [6.45, 7) is 6.04. The van der Waals surface area contributed by atoms with Gasteiger partial charge in [-0.2, -0.15) is 0 Å². The molecule has 1 atom stereocenters. The van der Waals surface area contributed by atoms with E-state index in [4.69, 9.17) is 4.74 Å². The average molecular weight is 411 g/mol. The van der Waals surface area contributed by atoms with Crippen LogP contribution in [0.25, 0.3) is 5.65 Å². The van der Waals surface area contributed by atoms with Crippen molar-refractivity contribution in [1.29, 1.82) is 0 Å². The fourth-order valence-electron chi connectivity index (χ4n) is 3.61. The molecule has 3 aromatic rings. The van der Waals surface area contributed by atoms with Crippen molar-refractivity contribution >= 4 is 11.6 Å². The summed E-state index contributed by atoms with van der Waals surface area (Å²) < 4.78 is 7.15. The predicted molar refractivity (Wildman–Crippen MR) is 116 cm³/mol. The molecule has 3 rings (SSSR count). The second-order valence-corrected chi connectivity index (χ2v) is 7.87. The smallest absolute Gasteiger partial charge is 0.272 e. The highest BCUT2D eigenvalue weighted by atomic mass is 16.5. The molecule has 0 bridgehead atoms. The van der Waals surface area contributed by atoms with Crippen LogP contribution in [0.15, 0.2) is 36.7 Å². The van der Waals surface area contributed by atoms with Crippen molar-refractivity contribution in [3.8, 4) is 5.75 Å². The number of nitrogens with one attached hydrogen (secondary N) is 1. The summed E-state index contributed by atoms with van der Waals surface area (Å²) in [5, 5.41) is 12.5. The average Bonchev–Trinajstić information content (AvgIpc) is 3.11. The summed E-state index contributed by atoms with van der Waals surface area (Å²) in [6, 6.07) is 7.61. The van der Waals surface area contributed by atoms with Gasteiger partial charge in [-0.05, 0) is 36.5 Å². The molecule has 0 saturated carbocycles. The van der Waals surface area contributed by atoms with Crippen LogP contribution in [0.2, 0.25) is 0 Å². The van der Waals surface area contributed by atoms with Gasteiger partial charge in [0.25, 0.3) is 5.91 Å². The van der Waals surface area contributed by atoms with E-state index in [1.165, 1.54) is 0 Å². The number of carbonyl (C=O) groups is 1. The van der Waals surface area contributed by atoms with Crippen LogP contribution < -0.4 is 10.1 Å². The Bertz CT molecular complexity index is 996. The number of aliphatic hydroxyl groups is 1. The molecular weight excluding hydrogens is 380 g/mol. The third-order valence-electron chi connectivity index (χ3n) is 5.07. The van der Waals surface area contributed by atoms with E-state index in [-0.39, 0.29) is 18.6 Å². The van der Waals surface area contributed by atoms with Crippen LogP contribution in [0.1, 0.15) is 54.6 Å². The number of nitrogens with zero attached hydrogens (tertiary/aromatic N) is 3. The Labute approximate surface area is 177 Å². The highest BCUT2D eigenvalue weighted by Crippen LogP contribution is 2.18. The minimum Gasteiger partial charge on any atom is -0.497 e. The molecule has 7 heteroatoms. The molecule has 2 aromatic heterocycles. The number of aliphatic hydroxyl groups excluding tert-OH is 1. The number of carbonyl (C=O) groups excluding carboxylic acids is 1. The van der Waals surface area contributed by atoms with Crippen molar-refractivity contribution in [2.24, 2.45) is 5.92 Å². The summed E-state index contributed by atoms with van der Waals surface area (Å²) in [7, 11) is 1.65. The maximum atomic E-state index is 12.9. The van der Waals surface area contributed by atoms with Gasteiger partial charge in [-0.15, -0.1) is 0 Å². The fraction of sp³-hybridized carbons (Fsp3) is 0.435. The van der Waals surface area contributed by atoms with E-state index in [0.29, 0.717) is 36.5 Å². The third-order valence-corrected chi connectivity index (χ3v) is 5.07. The first-order valence-electron chi connectivity index (χ1n) is 10.4. The number of rotatable bonds is 9. The first kappa shape index (κ1) is 21.8. The number of aromatic nitrogens is 3. The van der Waals surface area contributed by atoms with Crippen molar-refractivity contribution < 1.29 is 14.6 Å². The second-order valence-electron chi connectivity index (χ2n) is 7.87. The second kappa shape index (κ2) is 9.71. The summed E-state index contributed by atoms with van der Waals surface area (Å²) in [5.74, 6) is 0.935. The van der Waals surface area contributed by atoms with E-state index >= 15 is 0 Å². The molecule has 2 heterocycles. The van der Waals surface area contributed by atoms with E-state index in [0.717, 1.165) is 22.7 Å². The van der Waals surface area contributed by atoms with E-state index in [2.05, 4.69) is 29.1 Å².